The zero-order chi connectivity index (χ0) is 34.9. The summed E-state index contributed by atoms with van der Waals surface area (Å²) in [5.41, 5.74) is 8.78. The molecule has 0 aliphatic heterocycles. The molecule has 11 aromatic rings. The van der Waals surface area contributed by atoms with Gasteiger partial charge in [0.05, 0.1) is 15.9 Å². The fraction of sp³-hybridized carbons (Fsp3) is 0. The van der Waals surface area contributed by atoms with Crippen LogP contribution in [0.4, 0.5) is 0 Å². The third-order valence-electron chi connectivity index (χ3n) is 10.6. The lowest BCUT2D eigenvalue weighted by atomic mass is 9.91. The van der Waals surface area contributed by atoms with Gasteiger partial charge in [0.15, 0.2) is 5.82 Å². The van der Waals surface area contributed by atoms with Crippen LogP contribution < -0.4 is 0 Å². The van der Waals surface area contributed by atoms with Crippen molar-refractivity contribution in [3.8, 4) is 44.9 Å². The van der Waals surface area contributed by atoms with Crippen molar-refractivity contribution in [3.63, 3.8) is 0 Å². The molecule has 0 N–H and O–H groups in total. The van der Waals surface area contributed by atoms with E-state index in [4.69, 9.17) is 9.97 Å². The average Bonchev–Trinajstić information content (AvgIpc) is 3.63. The zero-order valence-electron chi connectivity index (χ0n) is 28.6. The van der Waals surface area contributed by atoms with Gasteiger partial charge in [0, 0.05) is 21.2 Å². The Kier molecular flexibility index (Phi) is 6.76. The molecular weight excluding hydrogens is 661 g/mol. The molecule has 0 bridgehead atoms. The molecule has 2 aromatic heterocycles. The minimum Gasteiger partial charge on any atom is -0.226 e. The topological polar surface area (TPSA) is 25.8 Å². The van der Waals surface area contributed by atoms with E-state index in [1.165, 1.54) is 69.9 Å². The van der Waals surface area contributed by atoms with Gasteiger partial charge in [-0.3, -0.25) is 0 Å². The van der Waals surface area contributed by atoms with E-state index in [1.54, 1.807) is 11.3 Å². The average molecular weight is 691 g/mol. The number of thiophene rings is 1. The smallest absolute Gasteiger partial charge is 0.160 e. The van der Waals surface area contributed by atoms with Crippen LogP contribution in [0.1, 0.15) is 0 Å². The summed E-state index contributed by atoms with van der Waals surface area (Å²) in [6.07, 6.45) is 0. The van der Waals surface area contributed by atoms with E-state index in [1.807, 2.05) is 6.07 Å². The highest BCUT2D eigenvalue weighted by molar-refractivity contribution is 7.27. The summed E-state index contributed by atoms with van der Waals surface area (Å²) in [7, 11) is 0. The molecule has 2 heterocycles. The molecule has 2 nitrogen and oxygen atoms in total. The van der Waals surface area contributed by atoms with E-state index < -0.39 is 0 Å². The SMILES string of the molecule is c1ccc(-c2nc(-c3cccc(-c4cccc(-c5ccc6c7ccccc7c7ccccc7c6c5)c4)c3)c3sc4c5ccccc5ccc4c3n2)cc1. The number of fused-ring (bicyclic) bond motifs is 11. The van der Waals surface area contributed by atoms with Crippen LogP contribution >= 0.6 is 11.3 Å². The fourth-order valence-electron chi connectivity index (χ4n) is 8.09. The van der Waals surface area contributed by atoms with Crippen molar-refractivity contribution in [2.45, 2.75) is 0 Å². The van der Waals surface area contributed by atoms with Crippen molar-refractivity contribution in [1.29, 1.82) is 0 Å². The van der Waals surface area contributed by atoms with Gasteiger partial charge in [-0.25, -0.2) is 9.97 Å². The Morgan fingerprint density at radius 2 is 0.811 bits per heavy atom. The lowest BCUT2D eigenvalue weighted by Crippen LogP contribution is -1.93. The minimum atomic E-state index is 0.741. The van der Waals surface area contributed by atoms with Crippen molar-refractivity contribution in [3.05, 3.63) is 182 Å². The van der Waals surface area contributed by atoms with Crippen molar-refractivity contribution in [2.24, 2.45) is 0 Å². The highest BCUT2D eigenvalue weighted by atomic mass is 32.1. The van der Waals surface area contributed by atoms with Gasteiger partial charge in [-0.15, -0.1) is 11.3 Å². The van der Waals surface area contributed by atoms with Crippen molar-refractivity contribution in [1.82, 2.24) is 9.97 Å². The van der Waals surface area contributed by atoms with Crippen LogP contribution in [0.25, 0.3) is 108 Å². The molecular formula is C50H30N2S. The summed E-state index contributed by atoms with van der Waals surface area (Å²) < 4.78 is 2.36. The number of benzene rings is 9. The summed E-state index contributed by atoms with van der Waals surface area (Å²) in [6.45, 7) is 0. The summed E-state index contributed by atoms with van der Waals surface area (Å²) in [5, 5.41) is 11.4. The van der Waals surface area contributed by atoms with Crippen LogP contribution in [0, 0.1) is 0 Å². The van der Waals surface area contributed by atoms with Crippen molar-refractivity contribution < 1.29 is 0 Å². The molecule has 246 valence electrons. The van der Waals surface area contributed by atoms with E-state index in [2.05, 4.69) is 176 Å². The summed E-state index contributed by atoms with van der Waals surface area (Å²) >= 11 is 1.80. The zero-order valence-corrected chi connectivity index (χ0v) is 29.4. The molecule has 0 spiro atoms. The Morgan fingerprint density at radius 1 is 0.302 bits per heavy atom. The van der Waals surface area contributed by atoms with Gasteiger partial charge in [-0.1, -0.05) is 164 Å². The second kappa shape index (κ2) is 11.9. The predicted octanol–water partition coefficient (Wildman–Crippen LogP) is 14.1. The Hall–Kier alpha value is -6.68. The van der Waals surface area contributed by atoms with Crippen molar-refractivity contribution >= 4 is 74.7 Å². The highest BCUT2D eigenvalue weighted by Crippen LogP contribution is 2.43. The third kappa shape index (κ3) is 4.86. The Labute approximate surface area is 310 Å². The van der Waals surface area contributed by atoms with Crippen LogP contribution in [0.5, 0.6) is 0 Å². The lowest BCUT2D eigenvalue weighted by molar-refractivity contribution is 1.24. The normalized spacial score (nSPS) is 11.8. The van der Waals surface area contributed by atoms with Gasteiger partial charge < -0.3 is 0 Å². The fourth-order valence-corrected chi connectivity index (χ4v) is 9.38. The number of nitrogens with zero attached hydrogens (tertiary/aromatic N) is 2. The number of aromatic nitrogens is 2. The second-order valence-electron chi connectivity index (χ2n) is 13.7. The Balaban J connectivity index is 1.07. The predicted molar refractivity (Wildman–Crippen MR) is 227 cm³/mol. The Morgan fingerprint density at radius 3 is 1.51 bits per heavy atom. The molecule has 0 aliphatic carbocycles. The number of hydrogen-bond donors (Lipinski definition) is 0. The van der Waals surface area contributed by atoms with Crippen LogP contribution in [-0.2, 0) is 0 Å². The number of rotatable bonds is 4. The largest absolute Gasteiger partial charge is 0.226 e. The lowest BCUT2D eigenvalue weighted by Gasteiger charge is -2.13. The van der Waals surface area contributed by atoms with Crippen LogP contribution in [0.2, 0.25) is 0 Å². The van der Waals surface area contributed by atoms with E-state index in [-0.39, 0.29) is 0 Å². The summed E-state index contributed by atoms with van der Waals surface area (Å²) in [5.74, 6) is 0.741. The minimum absolute atomic E-state index is 0.741. The van der Waals surface area contributed by atoms with E-state index in [0.29, 0.717) is 0 Å². The van der Waals surface area contributed by atoms with Gasteiger partial charge in [0.25, 0.3) is 0 Å². The monoisotopic (exact) mass is 690 g/mol. The summed E-state index contributed by atoms with van der Waals surface area (Å²) in [4.78, 5) is 10.5. The standard InChI is InChI=1S/C50H30N2S/c1-2-13-32(14-3-1)50-51-46(49-47(52-50)44-27-24-31-12-4-5-19-38(31)48(44)53-49)37-18-11-17-35(29-37)33-15-10-16-34(28-33)36-25-26-43-41-22-7-6-20-39(41)40-21-8-9-23-42(40)45(43)30-36/h1-30H. The van der Waals surface area contributed by atoms with Crippen LogP contribution in [-0.4, -0.2) is 9.97 Å². The first-order chi connectivity index (χ1) is 26.3. The first-order valence-electron chi connectivity index (χ1n) is 18.0. The molecule has 0 fully saturated rings. The quantitative estimate of drug-likeness (QED) is 0.172. The van der Waals surface area contributed by atoms with E-state index >= 15 is 0 Å². The summed E-state index contributed by atoms with van der Waals surface area (Å²) in [6, 6.07) is 65.6. The molecule has 0 saturated carbocycles. The van der Waals surface area contributed by atoms with E-state index in [0.717, 1.165) is 38.4 Å². The van der Waals surface area contributed by atoms with Gasteiger partial charge in [-0.05, 0) is 83.5 Å². The maximum atomic E-state index is 5.29. The van der Waals surface area contributed by atoms with Crippen LogP contribution in [0.3, 0.4) is 0 Å². The third-order valence-corrected chi connectivity index (χ3v) is 11.9. The molecule has 0 atom stereocenters. The van der Waals surface area contributed by atoms with Crippen molar-refractivity contribution in [2.75, 3.05) is 0 Å². The number of hydrogen-bond acceptors (Lipinski definition) is 3. The molecule has 9 aromatic carbocycles. The van der Waals surface area contributed by atoms with Gasteiger partial charge in [0.1, 0.15) is 0 Å². The first-order valence-corrected chi connectivity index (χ1v) is 18.8. The van der Waals surface area contributed by atoms with Gasteiger partial charge in [-0.2, -0.15) is 0 Å². The van der Waals surface area contributed by atoms with E-state index in [9.17, 15) is 0 Å². The molecule has 11 rings (SSSR count). The first kappa shape index (κ1) is 30.0. The maximum absolute atomic E-state index is 5.29. The van der Waals surface area contributed by atoms with Crippen LogP contribution in [0.15, 0.2) is 182 Å². The molecule has 0 amide bonds. The molecule has 53 heavy (non-hydrogen) atoms. The molecule has 0 saturated heterocycles. The molecule has 0 aliphatic rings. The molecule has 0 radical (unpaired) electrons. The Bertz CT molecular complexity index is 3200. The molecule has 0 unspecified atom stereocenters. The highest BCUT2D eigenvalue weighted by Gasteiger charge is 2.18. The molecule has 3 heteroatoms. The second-order valence-corrected chi connectivity index (χ2v) is 14.7. The van der Waals surface area contributed by atoms with Gasteiger partial charge >= 0.3 is 0 Å². The van der Waals surface area contributed by atoms with Gasteiger partial charge in [0.2, 0.25) is 0 Å². The maximum Gasteiger partial charge on any atom is 0.160 e.